The minimum Gasteiger partial charge on any atom is -0.481 e. The van der Waals surface area contributed by atoms with Crippen LogP contribution in [0.2, 0.25) is 0 Å². The number of hydrogen-bond acceptors (Lipinski definition) is 8. The molecule has 0 fully saturated rings. The topological polar surface area (TPSA) is 154 Å². The third-order valence-corrected chi connectivity index (χ3v) is 5.00. The number of carbonyl (C=O) groups is 5. The van der Waals surface area contributed by atoms with Gasteiger partial charge in [-0.25, -0.2) is 4.79 Å². The van der Waals surface area contributed by atoms with Crippen LogP contribution < -0.4 is 0 Å². The number of rotatable bonds is 14. The van der Waals surface area contributed by atoms with E-state index >= 15 is 0 Å². The van der Waals surface area contributed by atoms with Crippen molar-refractivity contribution in [3.05, 3.63) is 35.4 Å². The molecule has 1 rings (SSSR count). The lowest BCUT2D eigenvalue weighted by atomic mass is 9.73. The third kappa shape index (κ3) is 7.58. The van der Waals surface area contributed by atoms with Gasteiger partial charge < -0.3 is 24.4 Å². The molecule has 0 radical (unpaired) electrons. The summed E-state index contributed by atoms with van der Waals surface area (Å²) in [7, 11) is 0. The van der Waals surface area contributed by atoms with Gasteiger partial charge >= 0.3 is 29.8 Å². The molecule has 10 nitrogen and oxygen atoms in total. The minimum atomic E-state index is -2.01. The average Bonchev–Trinajstić information content (AvgIpc) is 2.76. The summed E-state index contributed by atoms with van der Waals surface area (Å²) >= 11 is 0. The molecule has 0 spiro atoms. The van der Waals surface area contributed by atoms with Crippen molar-refractivity contribution in [3.63, 3.8) is 0 Å². The largest absolute Gasteiger partial charge is 0.481 e. The first-order chi connectivity index (χ1) is 15.6. The van der Waals surface area contributed by atoms with Crippen molar-refractivity contribution >= 4 is 29.8 Å². The lowest BCUT2D eigenvalue weighted by molar-refractivity contribution is -0.174. The summed E-state index contributed by atoms with van der Waals surface area (Å²) in [6.45, 7) is 4.77. The molecule has 1 atom stereocenters. The SMILES string of the molecule is CCOC(=O)c1ccc(C(CC(CCCC(=O)O)(C(=O)OCC)C(=O)OCC)C(=O)O)cc1. The van der Waals surface area contributed by atoms with Gasteiger partial charge in [0.2, 0.25) is 0 Å². The zero-order valence-electron chi connectivity index (χ0n) is 19.0. The maximum Gasteiger partial charge on any atom is 0.338 e. The Hall–Kier alpha value is -3.43. The number of benzene rings is 1. The fourth-order valence-corrected chi connectivity index (χ4v) is 3.40. The van der Waals surface area contributed by atoms with Crippen LogP contribution in [-0.4, -0.2) is 59.9 Å². The summed E-state index contributed by atoms with van der Waals surface area (Å²) in [6, 6.07) is 5.60. The first-order valence-corrected chi connectivity index (χ1v) is 10.7. The molecule has 0 aromatic heterocycles. The van der Waals surface area contributed by atoms with Gasteiger partial charge in [-0.15, -0.1) is 0 Å². The molecule has 0 heterocycles. The zero-order chi connectivity index (χ0) is 25.0. The maximum absolute atomic E-state index is 12.9. The summed E-state index contributed by atoms with van der Waals surface area (Å²) in [5.74, 6) is -6.28. The Morgan fingerprint density at radius 3 is 1.79 bits per heavy atom. The Morgan fingerprint density at radius 2 is 1.36 bits per heavy atom. The summed E-state index contributed by atoms with van der Waals surface area (Å²) in [5.41, 5.74) is -1.55. The molecule has 0 bridgehead atoms. The van der Waals surface area contributed by atoms with Crippen molar-refractivity contribution in [2.75, 3.05) is 19.8 Å². The Labute approximate surface area is 191 Å². The smallest absolute Gasteiger partial charge is 0.338 e. The fourth-order valence-electron chi connectivity index (χ4n) is 3.40. The Morgan fingerprint density at radius 1 is 0.848 bits per heavy atom. The molecule has 2 N–H and O–H groups in total. The normalized spacial score (nSPS) is 11.8. The highest BCUT2D eigenvalue weighted by atomic mass is 16.6. The van der Waals surface area contributed by atoms with Gasteiger partial charge in [0.15, 0.2) is 5.41 Å². The van der Waals surface area contributed by atoms with Crippen molar-refractivity contribution in [2.24, 2.45) is 5.41 Å². The van der Waals surface area contributed by atoms with Crippen LogP contribution in [0.3, 0.4) is 0 Å². The molecule has 0 saturated carbocycles. The van der Waals surface area contributed by atoms with Gasteiger partial charge in [0.25, 0.3) is 0 Å². The Kier molecular flexibility index (Phi) is 11.0. The number of aliphatic carboxylic acids is 2. The summed E-state index contributed by atoms with van der Waals surface area (Å²) in [6.07, 6.45) is -1.16. The van der Waals surface area contributed by atoms with Crippen molar-refractivity contribution < 1.29 is 48.4 Å². The highest BCUT2D eigenvalue weighted by Crippen LogP contribution is 2.39. The van der Waals surface area contributed by atoms with Crippen LogP contribution in [-0.2, 0) is 33.4 Å². The van der Waals surface area contributed by atoms with Crippen LogP contribution in [0.25, 0.3) is 0 Å². The van der Waals surface area contributed by atoms with Gasteiger partial charge in [0.1, 0.15) is 0 Å². The zero-order valence-corrected chi connectivity index (χ0v) is 19.0. The molecule has 33 heavy (non-hydrogen) atoms. The molecule has 0 aliphatic carbocycles. The highest BCUT2D eigenvalue weighted by molar-refractivity contribution is 6.01. The van der Waals surface area contributed by atoms with Gasteiger partial charge in [-0.3, -0.25) is 19.2 Å². The van der Waals surface area contributed by atoms with Gasteiger partial charge in [0.05, 0.1) is 31.3 Å². The van der Waals surface area contributed by atoms with Crippen LogP contribution in [0, 0.1) is 5.41 Å². The highest BCUT2D eigenvalue weighted by Gasteiger charge is 2.51. The molecule has 10 heteroatoms. The number of carbonyl (C=O) groups excluding carboxylic acids is 3. The van der Waals surface area contributed by atoms with E-state index in [1.165, 1.54) is 38.1 Å². The van der Waals surface area contributed by atoms with E-state index in [1.807, 2.05) is 0 Å². The molecule has 1 aromatic carbocycles. The van der Waals surface area contributed by atoms with Crippen LogP contribution in [0.5, 0.6) is 0 Å². The molecule has 0 amide bonds. The molecule has 0 aliphatic heterocycles. The van der Waals surface area contributed by atoms with E-state index in [0.717, 1.165) is 0 Å². The minimum absolute atomic E-state index is 0.0646. The third-order valence-electron chi connectivity index (χ3n) is 5.00. The second-order valence-electron chi connectivity index (χ2n) is 7.21. The second-order valence-corrected chi connectivity index (χ2v) is 7.21. The van der Waals surface area contributed by atoms with E-state index in [4.69, 9.17) is 19.3 Å². The lowest BCUT2D eigenvalue weighted by Crippen LogP contribution is -2.44. The average molecular weight is 466 g/mol. The number of ether oxygens (including phenoxy) is 3. The molecule has 0 aliphatic rings. The van der Waals surface area contributed by atoms with E-state index in [1.54, 1.807) is 6.92 Å². The van der Waals surface area contributed by atoms with Crippen molar-refractivity contribution in [1.82, 2.24) is 0 Å². The van der Waals surface area contributed by atoms with E-state index in [-0.39, 0.29) is 50.2 Å². The van der Waals surface area contributed by atoms with Gasteiger partial charge in [0, 0.05) is 6.42 Å². The van der Waals surface area contributed by atoms with Gasteiger partial charge in [-0.1, -0.05) is 12.1 Å². The molecular formula is C23H30O10. The Balaban J connectivity index is 3.41. The molecule has 182 valence electrons. The van der Waals surface area contributed by atoms with E-state index in [2.05, 4.69) is 0 Å². The summed E-state index contributed by atoms with van der Waals surface area (Å²) < 4.78 is 15.1. The van der Waals surface area contributed by atoms with Crippen molar-refractivity contribution in [1.29, 1.82) is 0 Å². The van der Waals surface area contributed by atoms with E-state index < -0.39 is 47.6 Å². The maximum atomic E-state index is 12.9. The molecular weight excluding hydrogens is 436 g/mol. The number of esters is 3. The first-order valence-electron chi connectivity index (χ1n) is 10.7. The van der Waals surface area contributed by atoms with Crippen LogP contribution >= 0.6 is 0 Å². The fraction of sp³-hybridized carbons (Fsp3) is 0.522. The van der Waals surface area contributed by atoms with Gasteiger partial charge in [-0.05, 0) is 57.7 Å². The second kappa shape index (κ2) is 13.2. The van der Waals surface area contributed by atoms with Crippen LogP contribution in [0.1, 0.15) is 68.3 Å². The van der Waals surface area contributed by atoms with Crippen molar-refractivity contribution in [2.45, 2.75) is 52.4 Å². The van der Waals surface area contributed by atoms with Crippen LogP contribution in [0.4, 0.5) is 0 Å². The lowest BCUT2D eigenvalue weighted by Gasteiger charge is -2.31. The predicted molar refractivity (Wildman–Crippen MR) is 115 cm³/mol. The quantitative estimate of drug-likeness (QED) is 0.238. The first kappa shape index (κ1) is 27.6. The Bertz CT molecular complexity index is 825. The van der Waals surface area contributed by atoms with E-state index in [0.29, 0.717) is 0 Å². The van der Waals surface area contributed by atoms with Gasteiger partial charge in [-0.2, -0.15) is 0 Å². The monoisotopic (exact) mass is 466 g/mol. The molecule has 1 aromatic rings. The number of hydrogen-bond donors (Lipinski definition) is 2. The molecule has 1 unspecified atom stereocenters. The molecule has 0 saturated heterocycles. The summed E-state index contributed by atoms with van der Waals surface area (Å²) in [4.78, 5) is 60.9. The standard InChI is InChI=1S/C23H30O10/c1-4-31-20(28)16-11-9-15(10-12-16)17(19(26)27)14-23(21(29)32-5-2,22(30)33-6-3)13-7-8-18(24)25/h9-12,17H,4-8,13-14H2,1-3H3,(H,24,25)(H,26,27). The van der Waals surface area contributed by atoms with Crippen molar-refractivity contribution in [3.8, 4) is 0 Å². The predicted octanol–water partition coefficient (Wildman–Crippen LogP) is 2.79. The van der Waals surface area contributed by atoms with Crippen LogP contribution in [0.15, 0.2) is 24.3 Å². The summed E-state index contributed by atoms with van der Waals surface area (Å²) in [5, 5.41) is 18.9. The van der Waals surface area contributed by atoms with E-state index in [9.17, 15) is 29.1 Å². The number of carboxylic acids is 2. The number of carboxylic acid groups (broad SMARTS) is 2.